The summed E-state index contributed by atoms with van der Waals surface area (Å²) in [6.45, 7) is 11.4. The van der Waals surface area contributed by atoms with Crippen molar-refractivity contribution in [3.63, 3.8) is 0 Å². The Hall–Kier alpha value is -2.40. The molecule has 5 nitrogen and oxygen atoms in total. The number of hydrogen-bond donors (Lipinski definition) is 2. The highest BCUT2D eigenvalue weighted by Gasteiger charge is 2.10. The first-order valence-electron chi connectivity index (χ1n) is 7.73. The van der Waals surface area contributed by atoms with Crippen molar-refractivity contribution < 1.29 is 9.59 Å². The summed E-state index contributed by atoms with van der Waals surface area (Å²) in [5, 5.41) is 5.62. The fourth-order valence-electron chi connectivity index (χ4n) is 2.05. The van der Waals surface area contributed by atoms with Gasteiger partial charge in [0.2, 0.25) is 5.91 Å². The zero-order valence-corrected chi connectivity index (χ0v) is 13.7. The zero-order chi connectivity index (χ0) is 17.1. The number of nitrogens with one attached hydrogen (secondary N) is 2. The van der Waals surface area contributed by atoms with Crippen molar-refractivity contribution in [1.82, 2.24) is 10.2 Å². The third-order valence-electron chi connectivity index (χ3n) is 3.09. The normalized spacial score (nSPS) is 10.2. The summed E-state index contributed by atoms with van der Waals surface area (Å²) < 4.78 is 0. The van der Waals surface area contributed by atoms with Gasteiger partial charge in [-0.1, -0.05) is 25.1 Å². The number of carbonyl (C=O) groups excluding carboxylic acids is 2. The van der Waals surface area contributed by atoms with Gasteiger partial charge in [-0.05, 0) is 24.6 Å². The van der Waals surface area contributed by atoms with E-state index in [1.54, 1.807) is 36.4 Å². The number of rotatable bonds is 10. The zero-order valence-electron chi connectivity index (χ0n) is 13.7. The van der Waals surface area contributed by atoms with Crippen molar-refractivity contribution in [2.75, 3.05) is 31.5 Å². The first-order chi connectivity index (χ1) is 11.1. The number of amides is 2. The van der Waals surface area contributed by atoms with Gasteiger partial charge in [-0.15, -0.1) is 13.2 Å². The Morgan fingerprint density at radius 1 is 1.22 bits per heavy atom. The summed E-state index contributed by atoms with van der Waals surface area (Å²) >= 11 is 0. The van der Waals surface area contributed by atoms with Crippen LogP contribution in [0.3, 0.4) is 0 Å². The van der Waals surface area contributed by atoms with Gasteiger partial charge in [-0.3, -0.25) is 14.5 Å². The number of hydrogen-bond acceptors (Lipinski definition) is 3. The molecule has 5 heteroatoms. The Morgan fingerprint density at radius 3 is 2.52 bits per heavy atom. The van der Waals surface area contributed by atoms with Crippen LogP contribution in [0.4, 0.5) is 5.69 Å². The molecule has 0 bridgehead atoms. The van der Waals surface area contributed by atoms with E-state index >= 15 is 0 Å². The van der Waals surface area contributed by atoms with E-state index in [0.29, 0.717) is 30.9 Å². The third kappa shape index (κ3) is 6.93. The lowest BCUT2D eigenvalue weighted by molar-refractivity contribution is -0.117. The Kier molecular flexibility index (Phi) is 8.39. The van der Waals surface area contributed by atoms with Crippen molar-refractivity contribution >= 4 is 17.5 Å². The molecule has 0 fully saturated rings. The van der Waals surface area contributed by atoms with E-state index in [2.05, 4.69) is 23.8 Å². The number of carbonyl (C=O) groups is 2. The monoisotopic (exact) mass is 315 g/mol. The number of nitrogens with zero attached hydrogens (tertiary/aromatic N) is 1. The number of anilines is 1. The lowest BCUT2D eigenvalue weighted by Crippen LogP contribution is -2.33. The van der Waals surface area contributed by atoms with Gasteiger partial charge in [-0.25, -0.2) is 0 Å². The Labute approximate surface area is 138 Å². The first kappa shape index (κ1) is 18.6. The van der Waals surface area contributed by atoms with Gasteiger partial charge in [0.1, 0.15) is 0 Å². The largest absolute Gasteiger partial charge is 0.352 e. The molecule has 0 unspecified atom stereocenters. The molecular weight excluding hydrogens is 290 g/mol. The second kappa shape index (κ2) is 10.3. The second-order valence-corrected chi connectivity index (χ2v) is 5.16. The summed E-state index contributed by atoms with van der Waals surface area (Å²) in [4.78, 5) is 25.9. The lowest BCUT2D eigenvalue weighted by atomic mass is 10.2. The van der Waals surface area contributed by atoms with Crippen LogP contribution in [0.2, 0.25) is 0 Å². The Bertz CT molecular complexity index is 545. The summed E-state index contributed by atoms with van der Waals surface area (Å²) in [5.41, 5.74) is 1.14. The third-order valence-corrected chi connectivity index (χ3v) is 3.09. The van der Waals surface area contributed by atoms with Gasteiger partial charge < -0.3 is 10.6 Å². The van der Waals surface area contributed by atoms with E-state index < -0.39 is 0 Å². The molecule has 2 amide bonds. The van der Waals surface area contributed by atoms with E-state index in [4.69, 9.17) is 0 Å². The summed E-state index contributed by atoms with van der Waals surface area (Å²) in [6, 6.07) is 6.91. The smallest absolute Gasteiger partial charge is 0.251 e. The van der Waals surface area contributed by atoms with Crippen LogP contribution in [-0.2, 0) is 4.79 Å². The van der Waals surface area contributed by atoms with Crippen LogP contribution in [0.5, 0.6) is 0 Å². The van der Waals surface area contributed by atoms with Gasteiger partial charge in [0, 0.05) is 30.9 Å². The molecule has 1 aromatic rings. The molecule has 0 atom stereocenters. The van der Waals surface area contributed by atoms with Crippen LogP contribution in [0, 0.1) is 0 Å². The summed E-state index contributed by atoms with van der Waals surface area (Å²) in [6.07, 6.45) is 4.37. The van der Waals surface area contributed by atoms with Gasteiger partial charge in [0.15, 0.2) is 0 Å². The summed E-state index contributed by atoms with van der Waals surface area (Å²) in [5.74, 6) is -0.275. The highest BCUT2D eigenvalue weighted by molar-refractivity contribution is 5.97. The molecule has 0 heterocycles. The molecule has 0 aliphatic heterocycles. The molecule has 0 aromatic heterocycles. The fraction of sp³-hybridized carbons (Fsp3) is 0.333. The average Bonchev–Trinajstić information content (AvgIpc) is 2.53. The van der Waals surface area contributed by atoms with Crippen LogP contribution >= 0.6 is 0 Å². The molecule has 124 valence electrons. The minimum absolute atomic E-state index is 0.136. The van der Waals surface area contributed by atoms with Crippen molar-refractivity contribution in [2.24, 2.45) is 0 Å². The van der Waals surface area contributed by atoms with Gasteiger partial charge in [0.05, 0.1) is 6.54 Å². The van der Waals surface area contributed by atoms with Crippen LogP contribution in [0.15, 0.2) is 49.6 Å². The van der Waals surface area contributed by atoms with Crippen LogP contribution < -0.4 is 10.6 Å². The summed E-state index contributed by atoms with van der Waals surface area (Å²) in [7, 11) is 0. The van der Waals surface area contributed by atoms with E-state index in [1.165, 1.54) is 0 Å². The molecular formula is C18H25N3O2. The quantitative estimate of drug-likeness (QED) is 0.652. The van der Waals surface area contributed by atoms with Crippen molar-refractivity contribution in [3.8, 4) is 0 Å². The van der Waals surface area contributed by atoms with Crippen molar-refractivity contribution in [1.29, 1.82) is 0 Å². The molecule has 2 N–H and O–H groups in total. The predicted octanol–water partition coefficient (Wildman–Crippen LogP) is 2.44. The van der Waals surface area contributed by atoms with E-state index in [-0.39, 0.29) is 18.4 Å². The van der Waals surface area contributed by atoms with Crippen LogP contribution in [0.1, 0.15) is 23.7 Å². The van der Waals surface area contributed by atoms with Crippen molar-refractivity contribution in [3.05, 3.63) is 55.1 Å². The topological polar surface area (TPSA) is 61.4 Å². The standard InChI is InChI=1S/C18H25N3O2/c1-4-10-19-18(23)15-8-7-9-16(13-15)20-17(22)14-21(11-5-2)12-6-3/h5-9,13H,2-4,10-12,14H2,1H3,(H,19,23)(H,20,22). The molecule has 1 aromatic carbocycles. The minimum atomic E-state index is -0.139. The first-order valence-corrected chi connectivity index (χ1v) is 7.73. The highest BCUT2D eigenvalue weighted by atomic mass is 16.2. The predicted molar refractivity (Wildman–Crippen MR) is 94.5 cm³/mol. The number of benzene rings is 1. The lowest BCUT2D eigenvalue weighted by Gasteiger charge is -2.18. The molecule has 1 rings (SSSR count). The minimum Gasteiger partial charge on any atom is -0.352 e. The van der Waals surface area contributed by atoms with Gasteiger partial charge in [0.25, 0.3) is 5.91 Å². The Balaban J connectivity index is 2.65. The second-order valence-electron chi connectivity index (χ2n) is 5.16. The van der Waals surface area contributed by atoms with E-state index in [9.17, 15) is 9.59 Å². The van der Waals surface area contributed by atoms with Crippen molar-refractivity contribution in [2.45, 2.75) is 13.3 Å². The molecule has 0 saturated carbocycles. The molecule has 23 heavy (non-hydrogen) atoms. The van der Waals surface area contributed by atoms with E-state index in [1.807, 2.05) is 11.8 Å². The Morgan fingerprint density at radius 2 is 1.91 bits per heavy atom. The maximum absolute atomic E-state index is 12.1. The molecule has 0 radical (unpaired) electrons. The van der Waals surface area contributed by atoms with E-state index in [0.717, 1.165) is 6.42 Å². The maximum Gasteiger partial charge on any atom is 0.251 e. The van der Waals surface area contributed by atoms with Gasteiger partial charge >= 0.3 is 0 Å². The fourth-order valence-corrected chi connectivity index (χ4v) is 2.05. The molecule has 0 aliphatic rings. The van der Waals surface area contributed by atoms with Crippen LogP contribution in [0.25, 0.3) is 0 Å². The average molecular weight is 315 g/mol. The maximum atomic E-state index is 12.1. The van der Waals surface area contributed by atoms with Crippen LogP contribution in [-0.4, -0.2) is 42.9 Å². The SMILES string of the molecule is C=CCN(CC=C)CC(=O)Nc1cccc(C(=O)NCCC)c1. The molecule has 0 saturated heterocycles. The molecule has 0 spiro atoms. The van der Waals surface area contributed by atoms with Gasteiger partial charge in [-0.2, -0.15) is 0 Å². The molecule has 0 aliphatic carbocycles. The highest BCUT2D eigenvalue weighted by Crippen LogP contribution is 2.11.